The molecule has 7 nitrogen and oxygen atoms in total. The summed E-state index contributed by atoms with van der Waals surface area (Å²) in [5, 5.41) is 11.8. The van der Waals surface area contributed by atoms with Crippen LogP contribution in [0.3, 0.4) is 0 Å². The normalized spacial score (nSPS) is 13.9. The minimum atomic E-state index is -0.960. The summed E-state index contributed by atoms with van der Waals surface area (Å²) in [6.45, 7) is 2.04. The van der Waals surface area contributed by atoms with Crippen LogP contribution in [-0.2, 0) is 11.3 Å². The first-order valence-corrected chi connectivity index (χ1v) is 9.47. The molecule has 3 rings (SSSR count). The molecular weight excluding hydrogens is 372 g/mol. The molecule has 150 valence electrons. The number of carboxylic acids is 1. The molecule has 0 aliphatic carbocycles. The van der Waals surface area contributed by atoms with Crippen LogP contribution in [0.15, 0.2) is 48.5 Å². The van der Waals surface area contributed by atoms with Gasteiger partial charge in [-0.3, -0.25) is 24.1 Å². The van der Waals surface area contributed by atoms with E-state index in [1.54, 1.807) is 0 Å². The molecule has 1 atom stereocenters. The van der Waals surface area contributed by atoms with Gasteiger partial charge >= 0.3 is 5.97 Å². The molecule has 29 heavy (non-hydrogen) atoms. The second-order valence-corrected chi connectivity index (χ2v) is 6.98. The van der Waals surface area contributed by atoms with Crippen molar-refractivity contribution in [1.82, 2.24) is 10.2 Å². The van der Waals surface area contributed by atoms with E-state index in [2.05, 4.69) is 5.32 Å². The van der Waals surface area contributed by atoms with Crippen molar-refractivity contribution in [1.29, 1.82) is 0 Å². The highest BCUT2D eigenvalue weighted by Crippen LogP contribution is 2.25. The van der Waals surface area contributed by atoms with E-state index in [0.717, 1.165) is 10.5 Å². The molecule has 0 aromatic heterocycles. The maximum Gasteiger partial charge on any atom is 0.308 e. The van der Waals surface area contributed by atoms with Crippen LogP contribution in [0.1, 0.15) is 56.4 Å². The predicted molar refractivity (Wildman–Crippen MR) is 105 cm³/mol. The number of aliphatic carboxylic acids is 1. The van der Waals surface area contributed by atoms with Crippen LogP contribution in [0.2, 0.25) is 0 Å². The van der Waals surface area contributed by atoms with Crippen LogP contribution < -0.4 is 5.32 Å². The van der Waals surface area contributed by atoms with Gasteiger partial charge in [-0.05, 0) is 30.2 Å². The lowest BCUT2D eigenvalue weighted by molar-refractivity contribution is -0.141. The fourth-order valence-corrected chi connectivity index (χ4v) is 3.32. The Kier molecular flexibility index (Phi) is 6.07. The van der Waals surface area contributed by atoms with Gasteiger partial charge in [0.15, 0.2) is 0 Å². The Hall–Kier alpha value is -3.48. The van der Waals surface area contributed by atoms with E-state index >= 15 is 0 Å². The molecule has 2 aromatic carbocycles. The van der Waals surface area contributed by atoms with Crippen LogP contribution in [0.25, 0.3) is 0 Å². The monoisotopic (exact) mass is 394 g/mol. The largest absolute Gasteiger partial charge is 0.481 e. The second-order valence-electron chi connectivity index (χ2n) is 6.98. The van der Waals surface area contributed by atoms with Crippen LogP contribution >= 0.6 is 0 Å². The van der Waals surface area contributed by atoms with Crippen molar-refractivity contribution in [2.45, 2.75) is 26.3 Å². The zero-order valence-corrected chi connectivity index (χ0v) is 16.1. The fourth-order valence-electron chi connectivity index (χ4n) is 3.32. The topological polar surface area (TPSA) is 104 Å². The van der Waals surface area contributed by atoms with Gasteiger partial charge < -0.3 is 10.4 Å². The van der Waals surface area contributed by atoms with Gasteiger partial charge in [0.05, 0.1) is 23.6 Å². The number of rotatable bonds is 8. The van der Waals surface area contributed by atoms with E-state index in [-0.39, 0.29) is 29.8 Å². The van der Waals surface area contributed by atoms with Gasteiger partial charge in [-0.2, -0.15) is 0 Å². The first-order chi connectivity index (χ1) is 13.9. The summed E-state index contributed by atoms with van der Waals surface area (Å²) >= 11 is 0. The van der Waals surface area contributed by atoms with Gasteiger partial charge in [0, 0.05) is 12.1 Å². The summed E-state index contributed by atoms with van der Waals surface area (Å²) in [4.78, 5) is 50.1. The van der Waals surface area contributed by atoms with Crippen LogP contribution in [0.5, 0.6) is 0 Å². The van der Waals surface area contributed by atoms with Gasteiger partial charge in [0.1, 0.15) is 0 Å². The van der Waals surface area contributed by atoms with Crippen molar-refractivity contribution in [2.75, 3.05) is 6.54 Å². The Balaban J connectivity index is 1.73. The summed E-state index contributed by atoms with van der Waals surface area (Å²) in [5.41, 5.74) is 1.49. The van der Waals surface area contributed by atoms with Gasteiger partial charge in [0.25, 0.3) is 17.7 Å². The predicted octanol–water partition coefficient (Wildman–Crippen LogP) is 2.71. The fraction of sp³-hybridized carbons (Fsp3) is 0.273. The third-order valence-corrected chi connectivity index (χ3v) is 4.91. The number of amides is 3. The first-order valence-electron chi connectivity index (χ1n) is 9.47. The Bertz CT molecular complexity index is 955. The van der Waals surface area contributed by atoms with Crippen molar-refractivity contribution in [3.8, 4) is 0 Å². The highest BCUT2D eigenvalue weighted by molar-refractivity contribution is 6.22. The molecule has 0 bridgehead atoms. The van der Waals surface area contributed by atoms with Crippen molar-refractivity contribution >= 4 is 23.7 Å². The third kappa shape index (κ3) is 4.34. The molecule has 0 radical (unpaired) electrons. The van der Waals surface area contributed by atoms with E-state index in [1.807, 2.05) is 37.3 Å². The Morgan fingerprint density at radius 3 is 2.38 bits per heavy atom. The third-order valence-electron chi connectivity index (χ3n) is 4.91. The summed E-state index contributed by atoms with van der Waals surface area (Å²) in [6.07, 6.45) is 1.15. The number of imide groups is 1. The maximum atomic E-state index is 12.7. The number of hydrogen-bond acceptors (Lipinski definition) is 4. The SMILES string of the molecule is CCCC(CNC(=O)c1ccc2c(c1)C(=O)N(Cc1ccccc1)C2=O)C(=O)O. The minimum absolute atomic E-state index is 0.00605. The van der Waals surface area contributed by atoms with Gasteiger partial charge in [-0.15, -0.1) is 0 Å². The molecule has 0 saturated heterocycles. The van der Waals surface area contributed by atoms with E-state index in [9.17, 15) is 24.3 Å². The van der Waals surface area contributed by atoms with Crippen molar-refractivity contribution in [2.24, 2.45) is 5.92 Å². The van der Waals surface area contributed by atoms with Crippen molar-refractivity contribution in [3.05, 3.63) is 70.8 Å². The average Bonchev–Trinajstić information content (AvgIpc) is 2.96. The zero-order chi connectivity index (χ0) is 21.0. The molecule has 0 saturated carbocycles. The first kappa shape index (κ1) is 20.3. The molecule has 1 aliphatic rings. The Morgan fingerprint density at radius 2 is 1.72 bits per heavy atom. The summed E-state index contributed by atoms with van der Waals surface area (Å²) in [6, 6.07) is 13.5. The number of carboxylic acid groups (broad SMARTS) is 1. The van der Waals surface area contributed by atoms with E-state index in [0.29, 0.717) is 12.8 Å². The highest BCUT2D eigenvalue weighted by atomic mass is 16.4. The number of fused-ring (bicyclic) bond motifs is 1. The molecule has 0 fully saturated rings. The average molecular weight is 394 g/mol. The standard InChI is InChI=1S/C22H22N2O5/c1-2-6-16(22(28)29)12-23-19(25)15-9-10-17-18(11-15)21(27)24(20(17)26)13-14-7-4-3-5-8-14/h3-5,7-11,16H,2,6,12-13H2,1H3,(H,23,25)(H,28,29). The maximum absolute atomic E-state index is 12.7. The van der Waals surface area contributed by atoms with Gasteiger partial charge in [-0.1, -0.05) is 43.7 Å². The van der Waals surface area contributed by atoms with Gasteiger partial charge in [0.2, 0.25) is 0 Å². The number of benzene rings is 2. The quantitative estimate of drug-likeness (QED) is 0.670. The summed E-state index contributed by atoms with van der Waals surface area (Å²) in [7, 11) is 0. The van der Waals surface area contributed by atoms with E-state index < -0.39 is 29.6 Å². The van der Waals surface area contributed by atoms with Crippen molar-refractivity contribution in [3.63, 3.8) is 0 Å². The van der Waals surface area contributed by atoms with Gasteiger partial charge in [-0.25, -0.2) is 0 Å². The lowest BCUT2D eigenvalue weighted by atomic mass is 10.0. The second kappa shape index (κ2) is 8.68. The number of carbonyl (C=O) groups is 4. The number of nitrogens with zero attached hydrogens (tertiary/aromatic N) is 1. The van der Waals surface area contributed by atoms with Crippen LogP contribution in [0.4, 0.5) is 0 Å². The van der Waals surface area contributed by atoms with Crippen LogP contribution in [0, 0.1) is 5.92 Å². The molecule has 2 N–H and O–H groups in total. The molecule has 2 aromatic rings. The number of hydrogen-bond donors (Lipinski definition) is 2. The molecule has 1 heterocycles. The summed E-state index contributed by atoms with van der Waals surface area (Å²) in [5.74, 6) is -2.94. The smallest absolute Gasteiger partial charge is 0.308 e. The molecular formula is C22H22N2O5. The van der Waals surface area contributed by atoms with Crippen LogP contribution in [-0.4, -0.2) is 40.2 Å². The summed E-state index contributed by atoms with van der Waals surface area (Å²) < 4.78 is 0. The number of carbonyl (C=O) groups excluding carboxylic acids is 3. The molecule has 1 aliphatic heterocycles. The highest BCUT2D eigenvalue weighted by Gasteiger charge is 2.36. The van der Waals surface area contributed by atoms with E-state index in [4.69, 9.17) is 0 Å². The Labute approximate surface area is 168 Å². The Morgan fingerprint density at radius 1 is 1.03 bits per heavy atom. The minimum Gasteiger partial charge on any atom is -0.481 e. The van der Waals surface area contributed by atoms with E-state index in [1.165, 1.54) is 18.2 Å². The number of nitrogens with one attached hydrogen (secondary N) is 1. The molecule has 1 unspecified atom stereocenters. The lowest BCUT2D eigenvalue weighted by Crippen LogP contribution is -2.33. The molecule has 3 amide bonds. The van der Waals surface area contributed by atoms with Crippen molar-refractivity contribution < 1.29 is 24.3 Å². The molecule has 7 heteroatoms. The zero-order valence-electron chi connectivity index (χ0n) is 16.1. The lowest BCUT2D eigenvalue weighted by Gasteiger charge is -2.13. The molecule has 0 spiro atoms.